The molecule has 2 N–H and O–H groups in total. The van der Waals surface area contributed by atoms with Crippen LogP contribution in [-0.2, 0) is 20.7 Å². The van der Waals surface area contributed by atoms with E-state index < -0.39 is 0 Å². The van der Waals surface area contributed by atoms with Crippen LogP contribution >= 0.6 is 0 Å². The molecule has 2 rings (SSSR count). The predicted octanol–water partition coefficient (Wildman–Crippen LogP) is 3.44. The fourth-order valence-corrected chi connectivity index (χ4v) is 2.91. The van der Waals surface area contributed by atoms with Gasteiger partial charge in [-0.2, -0.15) is 0 Å². The molecule has 0 aliphatic heterocycles. The van der Waals surface area contributed by atoms with Crippen LogP contribution in [0, 0.1) is 5.92 Å². The summed E-state index contributed by atoms with van der Waals surface area (Å²) < 4.78 is 10.2. The normalized spacial score (nSPS) is 13.2. The number of methoxy groups -OCH3 is 1. The number of esters is 1. The van der Waals surface area contributed by atoms with E-state index >= 15 is 0 Å². The van der Waals surface area contributed by atoms with Gasteiger partial charge in [0, 0.05) is 13.2 Å². The van der Waals surface area contributed by atoms with Gasteiger partial charge in [0.1, 0.15) is 0 Å². The van der Waals surface area contributed by atoms with Crippen LogP contribution in [0.1, 0.15) is 18.9 Å². The Morgan fingerprint density at radius 2 is 1.68 bits per heavy atom. The molecule has 2 aromatic carbocycles. The Bertz CT molecular complexity index is 640. The maximum absolute atomic E-state index is 12.0. The molecule has 134 valence electrons. The molecule has 0 aliphatic rings. The lowest BCUT2D eigenvalue weighted by Crippen LogP contribution is -2.32. The quantitative estimate of drug-likeness (QED) is 0.710. The van der Waals surface area contributed by atoms with Gasteiger partial charge < -0.3 is 15.2 Å². The molecule has 0 saturated heterocycles. The highest BCUT2D eigenvalue weighted by Crippen LogP contribution is 2.20. The summed E-state index contributed by atoms with van der Waals surface area (Å²) in [6, 6.07) is 18.5. The number of hydrogen-bond donors (Lipinski definition) is 1. The van der Waals surface area contributed by atoms with Crippen molar-refractivity contribution in [3.05, 3.63) is 60.2 Å². The maximum atomic E-state index is 12.0. The van der Waals surface area contributed by atoms with Crippen LogP contribution in [0.15, 0.2) is 54.6 Å². The smallest absolute Gasteiger partial charge is 0.311 e. The minimum Gasteiger partial charge on any atom is -0.466 e. The van der Waals surface area contributed by atoms with Crippen LogP contribution in [-0.4, -0.2) is 32.3 Å². The largest absolute Gasteiger partial charge is 0.466 e. The Morgan fingerprint density at radius 1 is 1.04 bits per heavy atom. The zero-order valence-corrected chi connectivity index (χ0v) is 15.0. The van der Waals surface area contributed by atoms with Gasteiger partial charge in [0.25, 0.3) is 0 Å². The molecule has 0 unspecified atom stereocenters. The molecule has 25 heavy (non-hydrogen) atoms. The number of hydrogen-bond acceptors (Lipinski definition) is 4. The fraction of sp³-hybridized carbons (Fsp3) is 0.381. The van der Waals surface area contributed by atoms with Gasteiger partial charge in [-0.25, -0.2) is 0 Å². The van der Waals surface area contributed by atoms with Crippen molar-refractivity contribution in [2.24, 2.45) is 11.7 Å². The third-order valence-corrected chi connectivity index (χ3v) is 4.13. The van der Waals surface area contributed by atoms with Crippen LogP contribution in [0.4, 0.5) is 0 Å². The Hall–Kier alpha value is -2.17. The Kier molecular flexibility index (Phi) is 7.64. The summed E-state index contributed by atoms with van der Waals surface area (Å²) in [5, 5.41) is 0. The van der Waals surface area contributed by atoms with Crippen molar-refractivity contribution in [3.63, 3.8) is 0 Å². The molecule has 0 radical (unpaired) electrons. The molecule has 0 heterocycles. The van der Waals surface area contributed by atoms with Crippen LogP contribution < -0.4 is 5.73 Å². The van der Waals surface area contributed by atoms with Crippen molar-refractivity contribution < 1.29 is 14.3 Å². The minimum absolute atomic E-state index is 0.118. The van der Waals surface area contributed by atoms with Gasteiger partial charge in [-0.15, -0.1) is 0 Å². The molecule has 4 nitrogen and oxygen atoms in total. The molecule has 2 atom stereocenters. The first-order valence-corrected chi connectivity index (χ1v) is 8.69. The second-order valence-electron chi connectivity index (χ2n) is 6.17. The molecule has 0 bridgehead atoms. The third kappa shape index (κ3) is 6.00. The maximum Gasteiger partial charge on any atom is 0.311 e. The predicted molar refractivity (Wildman–Crippen MR) is 100 cm³/mol. The van der Waals surface area contributed by atoms with Crippen molar-refractivity contribution in [2.45, 2.75) is 25.8 Å². The number of nitrogens with two attached hydrogens (primary N) is 1. The number of carbonyl (C=O) groups excluding carboxylic acids is 1. The van der Waals surface area contributed by atoms with E-state index in [1.165, 1.54) is 11.1 Å². The molecule has 0 aliphatic carbocycles. The van der Waals surface area contributed by atoms with E-state index in [0.717, 1.165) is 5.56 Å². The second kappa shape index (κ2) is 9.97. The van der Waals surface area contributed by atoms with Crippen molar-refractivity contribution in [1.82, 2.24) is 0 Å². The summed E-state index contributed by atoms with van der Waals surface area (Å²) in [5.41, 5.74) is 9.79. The van der Waals surface area contributed by atoms with Crippen LogP contribution in [0.3, 0.4) is 0 Å². The van der Waals surface area contributed by atoms with E-state index in [2.05, 4.69) is 36.4 Å². The van der Waals surface area contributed by atoms with Gasteiger partial charge in [0.05, 0.1) is 19.1 Å². The average Bonchev–Trinajstić information content (AvgIpc) is 2.63. The van der Waals surface area contributed by atoms with Gasteiger partial charge in [-0.1, -0.05) is 54.6 Å². The van der Waals surface area contributed by atoms with Gasteiger partial charge in [-0.3, -0.25) is 4.79 Å². The van der Waals surface area contributed by atoms with Gasteiger partial charge in [0.15, 0.2) is 0 Å². The van der Waals surface area contributed by atoms with Crippen molar-refractivity contribution in [2.75, 3.05) is 20.3 Å². The molecule has 0 spiro atoms. The van der Waals surface area contributed by atoms with Crippen molar-refractivity contribution >= 4 is 5.97 Å². The topological polar surface area (TPSA) is 61.5 Å². The highest BCUT2D eigenvalue weighted by atomic mass is 16.5. The second-order valence-corrected chi connectivity index (χ2v) is 6.17. The van der Waals surface area contributed by atoms with E-state index in [1.54, 1.807) is 14.0 Å². The van der Waals surface area contributed by atoms with Crippen LogP contribution in [0.2, 0.25) is 0 Å². The van der Waals surface area contributed by atoms with E-state index in [0.29, 0.717) is 26.1 Å². The summed E-state index contributed by atoms with van der Waals surface area (Å²) in [5.74, 6) is -0.553. The van der Waals surface area contributed by atoms with Crippen molar-refractivity contribution in [3.8, 4) is 11.1 Å². The molecule has 4 heteroatoms. The summed E-state index contributed by atoms with van der Waals surface area (Å²) in [6.45, 7) is 2.50. The molecule has 0 fully saturated rings. The van der Waals surface area contributed by atoms with E-state index in [1.807, 2.05) is 18.2 Å². The third-order valence-electron chi connectivity index (χ3n) is 4.13. The lowest BCUT2D eigenvalue weighted by Gasteiger charge is -2.19. The highest BCUT2D eigenvalue weighted by Gasteiger charge is 2.22. The minimum atomic E-state index is -0.316. The number of rotatable bonds is 9. The molecule has 0 amide bonds. The first-order chi connectivity index (χ1) is 12.1. The first-order valence-electron chi connectivity index (χ1n) is 8.69. The lowest BCUT2D eigenvalue weighted by molar-refractivity contribution is -0.150. The van der Waals surface area contributed by atoms with Crippen LogP contribution in [0.25, 0.3) is 11.1 Å². The summed E-state index contributed by atoms with van der Waals surface area (Å²) in [4.78, 5) is 12.0. The van der Waals surface area contributed by atoms with Crippen molar-refractivity contribution in [1.29, 1.82) is 0 Å². The van der Waals surface area contributed by atoms with Gasteiger partial charge in [-0.05, 0) is 36.5 Å². The number of benzene rings is 2. The molecular weight excluding hydrogens is 314 g/mol. The lowest BCUT2D eigenvalue weighted by atomic mass is 9.95. The fourth-order valence-electron chi connectivity index (χ4n) is 2.91. The first kappa shape index (κ1) is 19.2. The van der Waals surface area contributed by atoms with Crippen LogP contribution in [0.5, 0.6) is 0 Å². The summed E-state index contributed by atoms with van der Waals surface area (Å²) >= 11 is 0. The van der Waals surface area contributed by atoms with E-state index in [9.17, 15) is 4.79 Å². The highest BCUT2D eigenvalue weighted by molar-refractivity contribution is 5.72. The molecule has 0 saturated carbocycles. The average molecular weight is 341 g/mol. The van der Waals surface area contributed by atoms with Gasteiger partial charge in [0.2, 0.25) is 0 Å². The molecular formula is C21H27NO3. The Morgan fingerprint density at radius 3 is 2.28 bits per heavy atom. The summed E-state index contributed by atoms with van der Waals surface area (Å²) in [6.07, 6.45) is 1.27. The molecule has 2 aromatic rings. The SMILES string of the molecule is CCOC(=O)[C@H](COC)C[C@H](N)Cc1ccc(-c2ccccc2)cc1. The monoisotopic (exact) mass is 341 g/mol. The standard InChI is InChI=1S/C21H27NO3/c1-3-25-21(23)19(15-24-2)14-20(22)13-16-9-11-18(12-10-16)17-7-5-4-6-8-17/h4-12,19-20H,3,13-15,22H2,1-2H3/t19-,20+/m0/s1. The Balaban J connectivity index is 1.95. The Labute approximate surface area is 150 Å². The number of ether oxygens (including phenoxy) is 2. The summed E-state index contributed by atoms with van der Waals surface area (Å²) in [7, 11) is 1.58. The zero-order valence-electron chi connectivity index (χ0n) is 15.0. The van der Waals surface area contributed by atoms with Gasteiger partial charge >= 0.3 is 5.97 Å². The number of carbonyl (C=O) groups is 1. The van der Waals surface area contributed by atoms with E-state index in [-0.39, 0.29) is 17.9 Å². The molecule has 0 aromatic heterocycles. The zero-order chi connectivity index (χ0) is 18.1. The van der Waals surface area contributed by atoms with E-state index in [4.69, 9.17) is 15.2 Å².